The van der Waals surface area contributed by atoms with Crippen molar-refractivity contribution in [2.75, 3.05) is 0 Å². The van der Waals surface area contributed by atoms with Gasteiger partial charge in [-0.1, -0.05) is 30.3 Å². The molecule has 1 aromatic heterocycles. The Labute approximate surface area is 93.1 Å². The van der Waals surface area contributed by atoms with Crippen molar-refractivity contribution >= 4 is 17.6 Å². The van der Waals surface area contributed by atoms with Crippen molar-refractivity contribution in [3.05, 3.63) is 59.9 Å². The fourth-order valence-corrected chi connectivity index (χ4v) is 1.47. The zero-order chi connectivity index (χ0) is 11.4. The van der Waals surface area contributed by atoms with Crippen LogP contribution in [0, 0.1) is 0 Å². The number of hydrogen-bond acceptors (Lipinski definition) is 1. The van der Waals surface area contributed by atoms with Crippen molar-refractivity contribution in [3.8, 4) is 0 Å². The number of carboxylic acid groups (broad SMARTS) is 1. The van der Waals surface area contributed by atoms with E-state index in [1.54, 1.807) is 24.4 Å². The van der Waals surface area contributed by atoms with Crippen LogP contribution in [0.2, 0.25) is 0 Å². The predicted octanol–water partition coefficient (Wildman–Crippen LogP) is 2.64. The number of benzene rings is 1. The van der Waals surface area contributed by atoms with Crippen molar-refractivity contribution in [3.63, 3.8) is 0 Å². The van der Waals surface area contributed by atoms with Crippen LogP contribution in [-0.2, 0) is 4.79 Å². The van der Waals surface area contributed by atoms with Gasteiger partial charge < -0.3 is 10.1 Å². The molecule has 0 saturated heterocycles. The summed E-state index contributed by atoms with van der Waals surface area (Å²) in [4.78, 5) is 14.0. The van der Waals surface area contributed by atoms with Gasteiger partial charge in [0.1, 0.15) is 0 Å². The molecule has 1 heterocycles. The number of hydrogen-bond donors (Lipinski definition) is 2. The molecule has 16 heavy (non-hydrogen) atoms. The number of aromatic amines is 1. The molecule has 3 heteroatoms. The second-order valence-electron chi connectivity index (χ2n) is 3.36. The molecule has 1 aromatic carbocycles. The highest BCUT2D eigenvalue weighted by molar-refractivity contribution is 6.20. The van der Waals surface area contributed by atoms with Crippen LogP contribution in [0.25, 0.3) is 11.6 Å². The van der Waals surface area contributed by atoms with Gasteiger partial charge in [-0.05, 0) is 23.8 Å². The molecule has 0 atom stereocenters. The SMILES string of the molecule is O=C(O)C(=Cc1ccccc1)c1ccc[nH]1. The second-order valence-corrected chi connectivity index (χ2v) is 3.36. The minimum atomic E-state index is -0.939. The van der Waals surface area contributed by atoms with Gasteiger partial charge in [-0.3, -0.25) is 0 Å². The summed E-state index contributed by atoms with van der Waals surface area (Å²) < 4.78 is 0. The molecule has 0 fully saturated rings. The predicted molar refractivity (Wildman–Crippen MR) is 62.7 cm³/mol. The first-order valence-electron chi connectivity index (χ1n) is 4.91. The Morgan fingerprint density at radius 2 is 1.88 bits per heavy atom. The summed E-state index contributed by atoms with van der Waals surface area (Å²) in [6.07, 6.45) is 3.35. The number of aromatic nitrogens is 1. The lowest BCUT2D eigenvalue weighted by Gasteiger charge is -1.99. The summed E-state index contributed by atoms with van der Waals surface area (Å²) in [5, 5.41) is 9.12. The van der Waals surface area contributed by atoms with Crippen molar-refractivity contribution < 1.29 is 9.90 Å². The minimum absolute atomic E-state index is 0.260. The zero-order valence-corrected chi connectivity index (χ0v) is 8.55. The van der Waals surface area contributed by atoms with E-state index in [0.29, 0.717) is 5.69 Å². The molecule has 80 valence electrons. The highest BCUT2D eigenvalue weighted by atomic mass is 16.4. The van der Waals surface area contributed by atoms with Crippen LogP contribution < -0.4 is 0 Å². The molecule has 0 aliphatic rings. The molecule has 3 nitrogen and oxygen atoms in total. The van der Waals surface area contributed by atoms with Gasteiger partial charge in [0.25, 0.3) is 0 Å². The maximum atomic E-state index is 11.1. The highest BCUT2D eigenvalue weighted by Gasteiger charge is 2.10. The first kappa shape index (κ1) is 10.2. The van der Waals surface area contributed by atoms with Crippen LogP contribution in [0.5, 0.6) is 0 Å². The van der Waals surface area contributed by atoms with Gasteiger partial charge in [0, 0.05) is 6.20 Å². The van der Waals surface area contributed by atoms with Gasteiger partial charge in [0.2, 0.25) is 0 Å². The minimum Gasteiger partial charge on any atom is -0.478 e. The van der Waals surface area contributed by atoms with Crippen LogP contribution in [0.4, 0.5) is 0 Å². The molecule has 0 bridgehead atoms. The molecule has 0 saturated carbocycles. The fraction of sp³-hybridized carbons (Fsp3) is 0. The Bertz CT molecular complexity index is 498. The van der Waals surface area contributed by atoms with E-state index >= 15 is 0 Å². The van der Waals surface area contributed by atoms with Crippen LogP contribution in [0.15, 0.2) is 48.7 Å². The molecule has 0 unspecified atom stereocenters. The Balaban J connectivity index is 2.42. The lowest BCUT2D eigenvalue weighted by atomic mass is 10.1. The monoisotopic (exact) mass is 213 g/mol. The number of aliphatic carboxylic acids is 1. The molecule has 2 N–H and O–H groups in total. The van der Waals surface area contributed by atoms with Gasteiger partial charge in [0.05, 0.1) is 11.3 Å². The van der Waals surface area contributed by atoms with Crippen LogP contribution in [-0.4, -0.2) is 16.1 Å². The third-order valence-electron chi connectivity index (χ3n) is 2.23. The van der Waals surface area contributed by atoms with Crippen LogP contribution >= 0.6 is 0 Å². The summed E-state index contributed by atoms with van der Waals surface area (Å²) in [6, 6.07) is 12.9. The smallest absolute Gasteiger partial charge is 0.337 e. The molecule has 2 aromatic rings. The maximum absolute atomic E-state index is 11.1. The van der Waals surface area contributed by atoms with E-state index in [1.165, 1.54) is 0 Å². The zero-order valence-electron chi connectivity index (χ0n) is 8.55. The van der Waals surface area contributed by atoms with Gasteiger partial charge in [-0.15, -0.1) is 0 Å². The molecule has 0 aliphatic carbocycles. The molecule has 0 radical (unpaired) electrons. The van der Waals surface area contributed by atoms with E-state index in [0.717, 1.165) is 5.56 Å². The van der Waals surface area contributed by atoms with E-state index in [9.17, 15) is 4.79 Å². The second kappa shape index (κ2) is 4.49. The van der Waals surface area contributed by atoms with Crippen LogP contribution in [0.1, 0.15) is 11.3 Å². The van der Waals surface area contributed by atoms with Crippen LogP contribution in [0.3, 0.4) is 0 Å². The van der Waals surface area contributed by atoms with E-state index in [1.807, 2.05) is 30.3 Å². The first-order chi connectivity index (χ1) is 7.77. The van der Waals surface area contributed by atoms with Crippen molar-refractivity contribution in [1.82, 2.24) is 4.98 Å². The largest absolute Gasteiger partial charge is 0.478 e. The molecule has 2 rings (SSSR count). The summed E-state index contributed by atoms with van der Waals surface area (Å²) in [5.74, 6) is -0.939. The number of rotatable bonds is 3. The lowest BCUT2D eigenvalue weighted by molar-refractivity contribution is -0.130. The van der Waals surface area contributed by atoms with Gasteiger partial charge in [-0.2, -0.15) is 0 Å². The number of H-pyrrole nitrogens is 1. The summed E-state index contributed by atoms with van der Waals surface area (Å²) in [6.45, 7) is 0. The molecule has 0 amide bonds. The summed E-state index contributed by atoms with van der Waals surface area (Å²) in [7, 11) is 0. The van der Waals surface area contributed by atoms with E-state index in [4.69, 9.17) is 5.11 Å². The first-order valence-corrected chi connectivity index (χ1v) is 4.91. The standard InChI is InChI=1S/C13H11NO2/c15-13(16)11(12-7-4-8-14-12)9-10-5-2-1-3-6-10/h1-9,14H,(H,15,16). The maximum Gasteiger partial charge on any atom is 0.337 e. The lowest BCUT2D eigenvalue weighted by Crippen LogP contribution is -1.99. The summed E-state index contributed by atoms with van der Waals surface area (Å²) >= 11 is 0. The van der Waals surface area contributed by atoms with E-state index in [2.05, 4.69) is 4.98 Å². The average molecular weight is 213 g/mol. The van der Waals surface area contributed by atoms with E-state index in [-0.39, 0.29) is 5.57 Å². The van der Waals surface area contributed by atoms with Crippen molar-refractivity contribution in [2.24, 2.45) is 0 Å². The molecular formula is C13H11NO2. The third-order valence-corrected chi connectivity index (χ3v) is 2.23. The van der Waals surface area contributed by atoms with Crippen molar-refractivity contribution in [2.45, 2.75) is 0 Å². The Hall–Kier alpha value is -2.29. The Morgan fingerprint density at radius 3 is 2.44 bits per heavy atom. The average Bonchev–Trinajstić information content (AvgIpc) is 2.80. The highest BCUT2D eigenvalue weighted by Crippen LogP contribution is 2.16. The Morgan fingerprint density at radius 1 is 1.12 bits per heavy atom. The normalized spacial score (nSPS) is 11.4. The molecular weight excluding hydrogens is 202 g/mol. The number of carboxylic acids is 1. The molecule has 0 aliphatic heterocycles. The van der Waals surface area contributed by atoms with Gasteiger partial charge in [-0.25, -0.2) is 4.79 Å². The van der Waals surface area contributed by atoms with E-state index < -0.39 is 5.97 Å². The summed E-state index contributed by atoms with van der Waals surface area (Å²) in [5.41, 5.74) is 1.74. The quantitative estimate of drug-likeness (QED) is 0.770. The van der Waals surface area contributed by atoms with Crippen molar-refractivity contribution in [1.29, 1.82) is 0 Å². The topological polar surface area (TPSA) is 53.1 Å². The van der Waals surface area contributed by atoms with Gasteiger partial charge >= 0.3 is 5.97 Å². The molecule has 0 spiro atoms. The Kier molecular flexibility index (Phi) is 2.87. The number of carbonyl (C=O) groups is 1. The fourth-order valence-electron chi connectivity index (χ4n) is 1.47. The van der Waals surface area contributed by atoms with Gasteiger partial charge in [0.15, 0.2) is 0 Å². The third kappa shape index (κ3) is 2.20. The number of nitrogens with one attached hydrogen (secondary N) is 1.